The van der Waals surface area contributed by atoms with E-state index in [1.807, 2.05) is 37.3 Å². The minimum Gasteiger partial charge on any atom is -0.465 e. The first-order valence-corrected chi connectivity index (χ1v) is 5.73. The van der Waals surface area contributed by atoms with Crippen LogP contribution in [0.3, 0.4) is 0 Å². The van der Waals surface area contributed by atoms with E-state index in [0.29, 0.717) is 13.2 Å². The van der Waals surface area contributed by atoms with Crippen molar-refractivity contribution in [3.63, 3.8) is 0 Å². The molecule has 3 nitrogen and oxygen atoms in total. The molecule has 1 saturated heterocycles. The lowest BCUT2D eigenvalue weighted by Gasteiger charge is -2.26. The molecule has 1 aliphatic heterocycles. The van der Waals surface area contributed by atoms with E-state index in [1.54, 1.807) is 0 Å². The lowest BCUT2D eigenvalue weighted by Crippen LogP contribution is -2.39. The standard InChI is InChI=1S/C13H17NO2/c1-2-16-12(15)13(8-9-14-10-13)11-6-4-3-5-7-11/h3-7,14H,2,8-10H2,1H3/t13-/m0/s1. The largest absolute Gasteiger partial charge is 0.465 e. The van der Waals surface area contributed by atoms with E-state index in [1.165, 1.54) is 0 Å². The zero-order chi connectivity index (χ0) is 11.4. The van der Waals surface area contributed by atoms with Crippen molar-refractivity contribution in [2.24, 2.45) is 0 Å². The summed E-state index contributed by atoms with van der Waals surface area (Å²) < 4.78 is 5.20. The molecule has 3 heteroatoms. The monoisotopic (exact) mass is 219 g/mol. The third-order valence-corrected chi connectivity index (χ3v) is 3.15. The van der Waals surface area contributed by atoms with Crippen LogP contribution in [0, 0.1) is 0 Å². The highest BCUT2D eigenvalue weighted by atomic mass is 16.5. The van der Waals surface area contributed by atoms with Crippen LogP contribution < -0.4 is 5.32 Å². The van der Waals surface area contributed by atoms with Crippen LogP contribution in [0.25, 0.3) is 0 Å². The van der Waals surface area contributed by atoms with Gasteiger partial charge < -0.3 is 10.1 Å². The fourth-order valence-corrected chi connectivity index (χ4v) is 2.26. The molecule has 0 unspecified atom stereocenters. The Labute approximate surface area is 95.8 Å². The SMILES string of the molecule is CCOC(=O)[C@@]1(c2ccccc2)CCNC1. The molecule has 1 N–H and O–H groups in total. The van der Waals surface area contributed by atoms with Gasteiger partial charge in [-0.2, -0.15) is 0 Å². The number of rotatable bonds is 3. The number of ether oxygens (including phenoxy) is 1. The summed E-state index contributed by atoms with van der Waals surface area (Å²) in [5, 5.41) is 3.25. The van der Waals surface area contributed by atoms with Crippen LogP contribution in [0.2, 0.25) is 0 Å². The third-order valence-electron chi connectivity index (χ3n) is 3.15. The normalized spacial score (nSPS) is 24.3. The predicted molar refractivity (Wildman–Crippen MR) is 62.2 cm³/mol. The van der Waals surface area contributed by atoms with Gasteiger partial charge in [0.15, 0.2) is 0 Å². The number of hydrogen-bond acceptors (Lipinski definition) is 3. The number of hydrogen-bond donors (Lipinski definition) is 1. The summed E-state index contributed by atoms with van der Waals surface area (Å²) in [5.74, 6) is -0.105. The molecule has 0 bridgehead atoms. The lowest BCUT2D eigenvalue weighted by molar-refractivity contribution is -0.149. The van der Waals surface area contributed by atoms with Crippen molar-refractivity contribution in [2.75, 3.05) is 19.7 Å². The lowest BCUT2D eigenvalue weighted by atomic mass is 9.80. The fourth-order valence-electron chi connectivity index (χ4n) is 2.26. The highest BCUT2D eigenvalue weighted by Crippen LogP contribution is 2.32. The van der Waals surface area contributed by atoms with Gasteiger partial charge in [0.05, 0.1) is 6.61 Å². The van der Waals surface area contributed by atoms with Crippen LogP contribution in [0.5, 0.6) is 0 Å². The molecule has 0 aliphatic carbocycles. The highest BCUT2D eigenvalue weighted by molar-refractivity contribution is 5.84. The van der Waals surface area contributed by atoms with Gasteiger partial charge in [-0.05, 0) is 25.5 Å². The van der Waals surface area contributed by atoms with Crippen molar-refractivity contribution >= 4 is 5.97 Å². The Morgan fingerprint density at radius 2 is 2.19 bits per heavy atom. The van der Waals surface area contributed by atoms with Crippen LogP contribution >= 0.6 is 0 Å². The Morgan fingerprint density at radius 3 is 2.75 bits per heavy atom. The predicted octanol–water partition coefficient (Wildman–Crippen LogP) is 1.48. The molecule has 0 spiro atoms. The molecular weight excluding hydrogens is 202 g/mol. The minimum atomic E-state index is -0.475. The number of carbonyl (C=O) groups is 1. The Kier molecular flexibility index (Phi) is 3.25. The minimum absolute atomic E-state index is 0.105. The van der Waals surface area contributed by atoms with Crippen LogP contribution in [-0.2, 0) is 14.9 Å². The topological polar surface area (TPSA) is 38.3 Å². The third kappa shape index (κ3) is 1.83. The summed E-state index contributed by atoms with van der Waals surface area (Å²) in [7, 11) is 0. The number of esters is 1. The molecule has 86 valence electrons. The fraction of sp³-hybridized carbons (Fsp3) is 0.462. The van der Waals surface area contributed by atoms with Crippen molar-refractivity contribution in [3.05, 3.63) is 35.9 Å². The second kappa shape index (κ2) is 4.66. The second-order valence-electron chi connectivity index (χ2n) is 4.10. The molecule has 16 heavy (non-hydrogen) atoms. The number of nitrogens with one attached hydrogen (secondary N) is 1. The first-order valence-electron chi connectivity index (χ1n) is 5.73. The van der Waals surface area contributed by atoms with Crippen molar-refractivity contribution in [2.45, 2.75) is 18.8 Å². The smallest absolute Gasteiger partial charge is 0.317 e. The van der Waals surface area contributed by atoms with Gasteiger partial charge in [-0.25, -0.2) is 0 Å². The molecule has 1 atom stereocenters. The van der Waals surface area contributed by atoms with Crippen LogP contribution in [0.15, 0.2) is 30.3 Å². The molecule has 0 saturated carbocycles. The summed E-state index contributed by atoms with van der Waals surface area (Å²) in [6, 6.07) is 9.90. The molecule has 1 fully saturated rings. The first kappa shape index (κ1) is 11.1. The maximum absolute atomic E-state index is 12.1. The highest BCUT2D eigenvalue weighted by Gasteiger charge is 2.44. The summed E-state index contributed by atoms with van der Waals surface area (Å²) in [5.41, 5.74) is 0.579. The van der Waals surface area contributed by atoms with Gasteiger partial charge in [-0.3, -0.25) is 4.79 Å². The zero-order valence-corrected chi connectivity index (χ0v) is 9.53. The Bertz CT molecular complexity index is 355. The van der Waals surface area contributed by atoms with Crippen molar-refractivity contribution in [1.29, 1.82) is 0 Å². The summed E-state index contributed by atoms with van der Waals surface area (Å²) in [6.07, 6.45) is 0.815. The van der Waals surface area contributed by atoms with Gasteiger partial charge in [0, 0.05) is 6.54 Å². The molecular formula is C13H17NO2. The van der Waals surface area contributed by atoms with Crippen molar-refractivity contribution in [1.82, 2.24) is 5.32 Å². The number of benzene rings is 1. The van der Waals surface area contributed by atoms with E-state index in [9.17, 15) is 4.79 Å². The van der Waals surface area contributed by atoms with E-state index < -0.39 is 5.41 Å². The van der Waals surface area contributed by atoms with E-state index in [0.717, 1.165) is 18.5 Å². The van der Waals surface area contributed by atoms with Crippen LogP contribution in [0.1, 0.15) is 18.9 Å². The van der Waals surface area contributed by atoms with Gasteiger partial charge in [0.1, 0.15) is 5.41 Å². The Balaban J connectivity index is 2.32. The van der Waals surface area contributed by atoms with E-state index in [4.69, 9.17) is 4.74 Å². The van der Waals surface area contributed by atoms with E-state index in [2.05, 4.69) is 5.32 Å². The zero-order valence-electron chi connectivity index (χ0n) is 9.53. The Morgan fingerprint density at radius 1 is 1.44 bits per heavy atom. The second-order valence-corrected chi connectivity index (χ2v) is 4.10. The van der Waals surface area contributed by atoms with Gasteiger partial charge in [-0.15, -0.1) is 0 Å². The molecule has 2 rings (SSSR count). The molecule has 1 aromatic rings. The van der Waals surface area contributed by atoms with Gasteiger partial charge >= 0.3 is 5.97 Å². The maximum atomic E-state index is 12.1. The summed E-state index contributed by atoms with van der Waals surface area (Å²) in [6.45, 7) is 3.83. The molecule has 1 aliphatic rings. The number of carbonyl (C=O) groups excluding carboxylic acids is 1. The van der Waals surface area contributed by atoms with Crippen molar-refractivity contribution < 1.29 is 9.53 Å². The Hall–Kier alpha value is -1.35. The summed E-state index contributed by atoms with van der Waals surface area (Å²) >= 11 is 0. The molecule has 0 radical (unpaired) electrons. The van der Waals surface area contributed by atoms with Crippen molar-refractivity contribution in [3.8, 4) is 0 Å². The molecule has 1 heterocycles. The summed E-state index contributed by atoms with van der Waals surface area (Å²) in [4.78, 5) is 12.1. The van der Waals surface area contributed by atoms with Crippen LogP contribution in [0.4, 0.5) is 0 Å². The van der Waals surface area contributed by atoms with Gasteiger partial charge in [0.25, 0.3) is 0 Å². The van der Waals surface area contributed by atoms with Gasteiger partial charge in [-0.1, -0.05) is 30.3 Å². The van der Waals surface area contributed by atoms with Crippen LogP contribution in [-0.4, -0.2) is 25.7 Å². The first-order chi connectivity index (χ1) is 7.79. The molecule has 1 aromatic carbocycles. The average molecular weight is 219 g/mol. The van der Waals surface area contributed by atoms with E-state index >= 15 is 0 Å². The van der Waals surface area contributed by atoms with Gasteiger partial charge in [0.2, 0.25) is 0 Å². The average Bonchev–Trinajstić information content (AvgIpc) is 2.81. The molecule has 0 amide bonds. The maximum Gasteiger partial charge on any atom is 0.317 e. The quantitative estimate of drug-likeness (QED) is 0.783. The van der Waals surface area contributed by atoms with E-state index in [-0.39, 0.29) is 5.97 Å². The molecule has 0 aromatic heterocycles.